The Kier molecular flexibility index (Phi) is 4.67. The lowest BCUT2D eigenvalue weighted by Gasteiger charge is -2.29. The summed E-state index contributed by atoms with van der Waals surface area (Å²) in [6.45, 7) is 1.79. The average molecular weight is 302 g/mol. The number of hydrogen-bond donors (Lipinski definition) is 3. The molecule has 2 fully saturated rings. The molecule has 2 saturated carbocycles. The third-order valence-electron chi connectivity index (χ3n) is 4.36. The van der Waals surface area contributed by atoms with Crippen molar-refractivity contribution < 1.29 is 18.9 Å². The molecule has 2 aliphatic carbocycles. The Labute approximate surface area is 121 Å². The zero-order valence-electron chi connectivity index (χ0n) is 11.8. The van der Waals surface area contributed by atoms with Crippen LogP contribution in [0.4, 0.5) is 4.79 Å². The maximum atomic E-state index is 11.9. The number of amides is 2. The zero-order chi connectivity index (χ0) is 14.9. The number of carbonyl (C=O) groups is 2. The van der Waals surface area contributed by atoms with Crippen molar-refractivity contribution in [2.24, 2.45) is 17.8 Å². The topological polar surface area (TPSA) is 95.5 Å². The molecule has 20 heavy (non-hydrogen) atoms. The molecule has 2 amide bonds. The molecular formula is C13H22N2O4S. The summed E-state index contributed by atoms with van der Waals surface area (Å²) in [5, 5.41) is 14.8. The predicted octanol–water partition coefficient (Wildman–Crippen LogP) is 0.552. The molecule has 0 saturated heterocycles. The first-order valence-corrected chi connectivity index (χ1v) is 8.71. The molecule has 6 atom stereocenters. The third-order valence-corrected chi connectivity index (χ3v) is 5.33. The molecule has 2 rings (SSSR count). The van der Waals surface area contributed by atoms with Gasteiger partial charge in [-0.3, -0.25) is 9.00 Å². The summed E-state index contributed by atoms with van der Waals surface area (Å²) in [6.07, 6.45) is 4.43. The highest BCUT2D eigenvalue weighted by Gasteiger charge is 2.51. The molecule has 114 valence electrons. The van der Waals surface area contributed by atoms with Gasteiger partial charge < -0.3 is 15.7 Å². The Hall–Kier alpha value is -1.11. The molecule has 6 nitrogen and oxygen atoms in total. The van der Waals surface area contributed by atoms with Gasteiger partial charge in [0.05, 0.1) is 5.92 Å². The number of carboxylic acids is 1. The van der Waals surface area contributed by atoms with E-state index >= 15 is 0 Å². The van der Waals surface area contributed by atoms with Gasteiger partial charge in [0.1, 0.15) is 0 Å². The van der Waals surface area contributed by atoms with Gasteiger partial charge in [-0.2, -0.15) is 0 Å². The number of urea groups is 1. The van der Waals surface area contributed by atoms with Crippen LogP contribution in [0.15, 0.2) is 0 Å². The van der Waals surface area contributed by atoms with Crippen molar-refractivity contribution >= 4 is 22.8 Å². The molecule has 0 radical (unpaired) electrons. The van der Waals surface area contributed by atoms with E-state index in [4.69, 9.17) is 0 Å². The molecule has 2 bridgehead atoms. The first-order chi connectivity index (χ1) is 9.38. The number of rotatable bonds is 5. The fraction of sp³-hybridized carbons (Fsp3) is 0.846. The maximum Gasteiger partial charge on any atom is 0.315 e. The molecule has 0 aromatic rings. The van der Waals surface area contributed by atoms with Gasteiger partial charge >= 0.3 is 12.0 Å². The second kappa shape index (κ2) is 6.11. The van der Waals surface area contributed by atoms with E-state index in [1.54, 1.807) is 13.2 Å². The first-order valence-electron chi connectivity index (χ1n) is 6.98. The number of aliphatic carboxylic acids is 1. The number of nitrogens with one attached hydrogen (secondary N) is 2. The molecule has 6 unspecified atom stereocenters. The highest BCUT2D eigenvalue weighted by molar-refractivity contribution is 7.84. The fourth-order valence-electron chi connectivity index (χ4n) is 3.66. The van der Waals surface area contributed by atoms with Gasteiger partial charge in [0.15, 0.2) is 0 Å². The normalized spacial score (nSPS) is 34.5. The van der Waals surface area contributed by atoms with E-state index < -0.39 is 22.7 Å². The summed E-state index contributed by atoms with van der Waals surface area (Å²) in [7, 11) is -0.968. The van der Waals surface area contributed by atoms with Crippen LogP contribution in [0.2, 0.25) is 0 Å². The lowest BCUT2D eigenvalue weighted by molar-refractivity contribution is -0.144. The molecule has 0 heterocycles. The minimum absolute atomic E-state index is 0.192. The number of carboxylic acid groups (broad SMARTS) is 1. The lowest BCUT2D eigenvalue weighted by Crippen LogP contribution is -2.52. The lowest BCUT2D eigenvalue weighted by atomic mass is 9.84. The summed E-state index contributed by atoms with van der Waals surface area (Å²) >= 11 is 0. The Morgan fingerprint density at radius 3 is 2.60 bits per heavy atom. The molecule has 0 aliphatic heterocycles. The minimum atomic E-state index is -0.968. The second-order valence-electron chi connectivity index (χ2n) is 5.98. The number of hydrogen-bond acceptors (Lipinski definition) is 3. The van der Waals surface area contributed by atoms with E-state index in [1.807, 2.05) is 0 Å². The average Bonchev–Trinajstić information content (AvgIpc) is 2.86. The second-order valence-corrected chi connectivity index (χ2v) is 7.46. The van der Waals surface area contributed by atoms with Gasteiger partial charge in [-0.05, 0) is 38.0 Å². The van der Waals surface area contributed by atoms with Crippen LogP contribution in [0.1, 0.15) is 26.2 Å². The molecular weight excluding hydrogens is 280 g/mol. The van der Waals surface area contributed by atoms with Crippen molar-refractivity contribution in [3.05, 3.63) is 0 Å². The van der Waals surface area contributed by atoms with Crippen LogP contribution in [0.25, 0.3) is 0 Å². The molecule has 7 heteroatoms. The maximum absolute atomic E-state index is 11.9. The molecule has 2 aliphatic rings. The van der Waals surface area contributed by atoms with Gasteiger partial charge in [0.25, 0.3) is 0 Å². The van der Waals surface area contributed by atoms with Crippen LogP contribution in [0.5, 0.6) is 0 Å². The first kappa shape index (κ1) is 15.3. The highest BCUT2D eigenvalue weighted by atomic mass is 32.2. The van der Waals surface area contributed by atoms with Crippen LogP contribution in [0, 0.1) is 17.8 Å². The number of fused-ring (bicyclic) bond motifs is 2. The zero-order valence-corrected chi connectivity index (χ0v) is 12.6. The Bertz CT molecular complexity index is 429. The Morgan fingerprint density at radius 1 is 1.35 bits per heavy atom. The largest absolute Gasteiger partial charge is 0.481 e. The Morgan fingerprint density at radius 2 is 2.00 bits per heavy atom. The summed E-state index contributed by atoms with van der Waals surface area (Å²) < 4.78 is 11.1. The van der Waals surface area contributed by atoms with Crippen molar-refractivity contribution in [1.82, 2.24) is 10.6 Å². The van der Waals surface area contributed by atoms with Crippen LogP contribution in [0.3, 0.4) is 0 Å². The highest BCUT2D eigenvalue weighted by Crippen LogP contribution is 2.48. The summed E-state index contributed by atoms with van der Waals surface area (Å²) in [6, 6.07) is -0.819. The SMILES string of the molecule is CC(CS(C)=O)NC(=O)NC1C2CCC(C2)C1C(=O)O. The molecule has 0 spiro atoms. The van der Waals surface area contributed by atoms with Crippen LogP contribution >= 0.6 is 0 Å². The quantitative estimate of drug-likeness (QED) is 0.691. The standard InChI is InChI=1S/C13H22N2O4S/c1-7(6-20(2)19)14-13(18)15-11-9-4-3-8(5-9)10(11)12(16)17/h7-11H,3-6H2,1-2H3,(H,16,17)(H2,14,15,18). The summed E-state index contributed by atoms with van der Waals surface area (Å²) in [4.78, 5) is 23.3. The molecule has 0 aromatic heterocycles. The smallest absolute Gasteiger partial charge is 0.315 e. The Balaban J connectivity index is 1.90. The van der Waals surface area contributed by atoms with Gasteiger partial charge in [-0.25, -0.2) is 4.79 Å². The van der Waals surface area contributed by atoms with Gasteiger partial charge in [0.2, 0.25) is 0 Å². The van der Waals surface area contributed by atoms with Crippen molar-refractivity contribution in [3.8, 4) is 0 Å². The molecule has 3 N–H and O–H groups in total. The summed E-state index contributed by atoms with van der Waals surface area (Å²) in [5.74, 6) is -0.405. The fourth-order valence-corrected chi connectivity index (χ4v) is 4.45. The van der Waals surface area contributed by atoms with E-state index in [9.17, 15) is 18.9 Å². The van der Waals surface area contributed by atoms with Crippen LogP contribution < -0.4 is 10.6 Å². The van der Waals surface area contributed by atoms with E-state index in [-0.39, 0.29) is 30.0 Å². The monoisotopic (exact) mass is 302 g/mol. The molecule has 0 aromatic carbocycles. The minimum Gasteiger partial charge on any atom is -0.481 e. The van der Waals surface area contributed by atoms with Crippen molar-refractivity contribution in [1.29, 1.82) is 0 Å². The van der Waals surface area contributed by atoms with Gasteiger partial charge in [-0.15, -0.1) is 0 Å². The van der Waals surface area contributed by atoms with Crippen molar-refractivity contribution in [2.75, 3.05) is 12.0 Å². The van der Waals surface area contributed by atoms with E-state index in [0.717, 1.165) is 19.3 Å². The third kappa shape index (κ3) is 3.31. The van der Waals surface area contributed by atoms with Gasteiger partial charge in [-0.1, -0.05) is 0 Å². The van der Waals surface area contributed by atoms with Crippen molar-refractivity contribution in [3.63, 3.8) is 0 Å². The summed E-state index contributed by atoms with van der Waals surface area (Å²) in [5.41, 5.74) is 0. The van der Waals surface area contributed by atoms with Crippen LogP contribution in [-0.2, 0) is 15.6 Å². The van der Waals surface area contributed by atoms with E-state index in [1.165, 1.54) is 0 Å². The predicted molar refractivity (Wildman–Crippen MR) is 75.8 cm³/mol. The van der Waals surface area contributed by atoms with Gasteiger partial charge in [0, 0.05) is 34.9 Å². The van der Waals surface area contributed by atoms with E-state index in [2.05, 4.69) is 10.6 Å². The van der Waals surface area contributed by atoms with Crippen molar-refractivity contribution in [2.45, 2.75) is 38.3 Å². The number of carbonyl (C=O) groups excluding carboxylic acids is 1. The van der Waals surface area contributed by atoms with Crippen LogP contribution in [-0.4, -0.2) is 45.4 Å². The van der Waals surface area contributed by atoms with E-state index in [0.29, 0.717) is 5.75 Å².